The van der Waals surface area contributed by atoms with Crippen molar-refractivity contribution in [3.63, 3.8) is 0 Å². The highest BCUT2D eigenvalue weighted by atomic mass is 16.2. The Balaban J connectivity index is 1.56. The van der Waals surface area contributed by atoms with Crippen LogP contribution in [0.1, 0.15) is 25.7 Å². The number of carbonyl (C=O) groups excluding carboxylic acids is 2. The van der Waals surface area contributed by atoms with Crippen LogP contribution in [0, 0.1) is 11.8 Å². The summed E-state index contributed by atoms with van der Waals surface area (Å²) in [5, 5.41) is 5.37. The van der Waals surface area contributed by atoms with E-state index in [1.165, 1.54) is 0 Å². The molecule has 2 rings (SSSR count). The van der Waals surface area contributed by atoms with Crippen LogP contribution in [-0.2, 0) is 9.59 Å². The quantitative estimate of drug-likeness (QED) is 0.601. The van der Waals surface area contributed by atoms with E-state index in [2.05, 4.69) is 10.6 Å². The molecule has 0 radical (unpaired) electrons. The first-order chi connectivity index (χ1) is 6.27. The van der Waals surface area contributed by atoms with E-state index in [1.54, 1.807) is 0 Å². The van der Waals surface area contributed by atoms with Crippen molar-refractivity contribution >= 4 is 11.8 Å². The van der Waals surface area contributed by atoms with E-state index in [-0.39, 0.29) is 23.7 Å². The third-order valence-corrected chi connectivity index (χ3v) is 2.42. The molecule has 2 N–H and O–H groups in total. The van der Waals surface area contributed by atoms with Gasteiger partial charge in [-0.05, 0) is 25.7 Å². The minimum atomic E-state index is 0.0797. The molecule has 0 unspecified atom stereocenters. The third-order valence-electron chi connectivity index (χ3n) is 2.42. The van der Waals surface area contributed by atoms with E-state index < -0.39 is 0 Å². The summed E-state index contributed by atoms with van der Waals surface area (Å²) in [4.78, 5) is 22.2. The van der Waals surface area contributed by atoms with Crippen LogP contribution in [0.4, 0.5) is 0 Å². The Bertz CT molecular complexity index is 208. The maximum atomic E-state index is 11.1. The molecule has 0 aromatic heterocycles. The largest absolute Gasteiger partial charge is 0.338 e. The number of nitrogens with one attached hydrogen (secondary N) is 2. The lowest BCUT2D eigenvalue weighted by Crippen LogP contribution is -2.38. The zero-order valence-electron chi connectivity index (χ0n) is 7.51. The molecule has 2 saturated carbocycles. The van der Waals surface area contributed by atoms with Gasteiger partial charge in [0.1, 0.15) is 0 Å². The maximum Gasteiger partial charge on any atom is 0.224 e. The summed E-state index contributed by atoms with van der Waals surface area (Å²) in [6.45, 7) is 0.296. The Morgan fingerprint density at radius 2 is 1.31 bits per heavy atom. The van der Waals surface area contributed by atoms with Gasteiger partial charge in [-0.1, -0.05) is 0 Å². The Morgan fingerprint density at radius 3 is 1.62 bits per heavy atom. The van der Waals surface area contributed by atoms with Crippen molar-refractivity contribution in [2.75, 3.05) is 6.67 Å². The smallest absolute Gasteiger partial charge is 0.224 e. The molecule has 0 aromatic carbocycles. The van der Waals surface area contributed by atoms with E-state index in [0.29, 0.717) is 6.67 Å². The average molecular weight is 182 g/mol. The number of rotatable bonds is 4. The lowest BCUT2D eigenvalue weighted by molar-refractivity contribution is -0.124. The molecule has 0 atom stereocenters. The molecule has 0 heterocycles. The van der Waals surface area contributed by atoms with Crippen LogP contribution in [-0.4, -0.2) is 18.5 Å². The van der Waals surface area contributed by atoms with Crippen LogP contribution in [0.2, 0.25) is 0 Å². The van der Waals surface area contributed by atoms with Gasteiger partial charge in [-0.3, -0.25) is 9.59 Å². The van der Waals surface area contributed by atoms with Gasteiger partial charge < -0.3 is 10.6 Å². The average Bonchev–Trinajstić information content (AvgIpc) is 2.95. The van der Waals surface area contributed by atoms with Gasteiger partial charge in [-0.25, -0.2) is 0 Å². The molecule has 0 saturated heterocycles. The molecule has 0 aromatic rings. The molecule has 2 aliphatic rings. The summed E-state index contributed by atoms with van der Waals surface area (Å²) >= 11 is 0. The summed E-state index contributed by atoms with van der Waals surface area (Å²) in [5.41, 5.74) is 0. The number of amides is 2. The van der Waals surface area contributed by atoms with Gasteiger partial charge in [0, 0.05) is 11.8 Å². The highest BCUT2D eigenvalue weighted by molar-refractivity contribution is 5.83. The van der Waals surface area contributed by atoms with E-state index in [9.17, 15) is 9.59 Å². The summed E-state index contributed by atoms with van der Waals surface area (Å²) < 4.78 is 0. The van der Waals surface area contributed by atoms with E-state index in [4.69, 9.17) is 0 Å². The number of carbonyl (C=O) groups is 2. The number of hydrogen-bond donors (Lipinski definition) is 2. The van der Waals surface area contributed by atoms with Gasteiger partial charge in [0.15, 0.2) is 0 Å². The normalized spacial score (nSPS) is 20.9. The van der Waals surface area contributed by atoms with Crippen LogP contribution in [0.25, 0.3) is 0 Å². The molecule has 0 spiro atoms. The van der Waals surface area contributed by atoms with Gasteiger partial charge in [-0.15, -0.1) is 0 Å². The molecular weight excluding hydrogens is 168 g/mol. The fourth-order valence-electron chi connectivity index (χ4n) is 1.20. The van der Waals surface area contributed by atoms with Gasteiger partial charge >= 0.3 is 0 Å². The van der Waals surface area contributed by atoms with Gasteiger partial charge in [0.05, 0.1) is 6.67 Å². The first-order valence-electron chi connectivity index (χ1n) is 4.83. The zero-order valence-corrected chi connectivity index (χ0v) is 7.51. The zero-order chi connectivity index (χ0) is 9.26. The monoisotopic (exact) mass is 182 g/mol. The van der Waals surface area contributed by atoms with E-state index in [0.717, 1.165) is 25.7 Å². The molecule has 4 nitrogen and oxygen atoms in total. The highest BCUT2D eigenvalue weighted by Gasteiger charge is 2.31. The molecule has 0 bridgehead atoms. The molecule has 0 aliphatic heterocycles. The molecule has 2 fully saturated rings. The second-order valence-electron chi connectivity index (χ2n) is 3.81. The topological polar surface area (TPSA) is 58.2 Å². The first-order valence-corrected chi connectivity index (χ1v) is 4.83. The summed E-state index contributed by atoms with van der Waals surface area (Å²) in [6, 6.07) is 0. The second-order valence-corrected chi connectivity index (χ2v) is 3.81. The maximum absolute atomic E-state index is 11.1. The molecule has 13 heavy (non-hydrogen) atoms. The van der Waals surface area contributed by atoms with Crippen LogP contribution in [0.5, 0.6) is 0 Å². The first kappa shape index (κ1) is 8.53. The van der Waals surface area contributed by atoms with Crippen molar-refractivity contribution in [3.05, 3.63) is 0 Å². The lowest BCUT2D eigenvalue weighted by atomic mass is 10.4. The van der Waals surface area contributed by atoms with Crippen LogP contribution >= 0.6 is 0 Å². The summed E-state index contributed by atoms with van der Waals surface area (Å²) in [5.74, 6) is 0.600. The predicted octanol–water partition coefficient (Wildman–Crippen LogP) is -0.00370. The standard InChI is InChI=1S/C9H14N2O2/c12-8(6-1-2-6)10-5-11-9(13)7-3-4-7/h6-7H,1-5H2,(H,10,12)(H,11,13). The van der Waals surface area contributed by atoms with E-state index >= 15 is 0 Å². The Kier molecular flexibility index (Phi) is 2.20. The van der Waals surface area contributed by atoms with Crippen LogP contribution in [0.15, 0.2) is 0 Å². The van der Waals surface area contributed by atoms with Gasteiger partial charge in [0.25, 0.3) is 0 Å². The fraction of sp³-hybridized carbons (Fsp3) is 0.778. The van der Waals surface area contributed by atoms with Gasteiger partial charge in [-0.2, -0.15) is 0 Å². The fourth-order valence-corrected chi connectivity index (χ4v) is 1.20. The molecule has 2 aliphatic carbocycles. The van der Waals surface area contributed by atoms with Crippen LogP contribution < -0.4 is 10.6 Å². The van der Waals surface area contributed by atoms with Crippen molar-refractivity contribution in [3.8, 4) is 0 Å². The molecular formula is C9H14N2O2. The minimum Gasteiger partial charge on any atom is -0.338 e. The number of hydrogen-bond acceptors (Lipinski definition) is 2. The molecule has 2 amide bonds. The highest BCUT2D eigenvalue weighted by Crippen LogP contribution is 2.29. The summed E-state index contributed by atoms with van der Waals surface area (Å²) in [6.07, 6.45) is 4.01. The van der Waals surface area contributed by atoms with Crippen LogP contribution in [0.3, 0.4) is 0 Å². The van der Waals surface area contributed by atoms with Crippen molar-refractivity contribution in [1.29, 1.82) is 0 Å². The minimum absolute atomic E-state index is 0.0797. The lowest BCUT2D eigenvalue weighted by Gasteiger charge is -2.05. The van der Waals surface area contributed by atoms with Gasteiger partial charge in [0.2, 0.25) is 11.8 Å². The SMILES string of the molecule is O=C(NCNC(=O)C1CC1)C1CC1. The molecule has 4 heteroatoms. The molecule has 72 valence electrons. The predicted molar refractivity (Wildman–Crippen MR) is 46.6 cm³/mol. The van der Waals surface area contributed by atoms with Crippen molar-refractivity contribution in [2.24, 2.45) is 11.8 Å². The summed E-state index contributed by atoms with van der Waals surface area (Å²) in [7, 11) is 0. The van der Waals surface area contributed by atoms with E-state index in [1.807, 2.05) is 0 Å². The second kappa shape index (κ2) is 3.36. The Labute approximate surface area is 77.1 Å². The van der Waals surface area contributed by atoms with Crippen molar-refractivity contribution < 1.29 is 9.59 Å². The Morgan fingerprint density at radius 1 is 0.923 bits per heavy atom. The Hall–Kier alpha value is -1.06. The van der Waals surface area contributed by atoms with Crippen molar-refractivity contribution in [2.45, 2.75) is 25.7 Å². The third kappa shape index (κ3) is 2.44. The van der Waals surface area contributed by atoms with Crippen molar-refractivity contribution in [1.82, 2.24) is 10.6 Å².